The molecule has 6 rings (SSSR count). The van der Waals surface area contributed by atoms with Gasteiger partial charge in [0.1, 0.15) is 5.82 Å². The van der Waals surface area contributed by atoms with E-state index in [1.165, 1.54) is 33.6 Å². The number of aromatic amines is 1. The summed E-state index contributed by atoms with van der Waals surface area (Å²) < 4.78 is 43.9. The summed E-state index contributed by atoms with van der Waals surface area (Å²) in [5.74, 6) is -0.506. The molecule has 13 heteroatoms. The van der Waals surface area contributed by atoms with E-state index >= 15 is 0 Å². The Balaban J connectivity index is 1.40. The fourth-order valence-corrected chi connectivity index (χ4v) is 7.05. The highest BCUT2D eigenvalue weighted by molar-refractivity contribution is 7.89. The lowest BCUT2D eigenvalue weighted by atomic mass is 9.60. The summed E-state index contributed by atoms with van der Waals surface area (Å²) in [6.07, 6.45) is 7.37. The third kappa shape index (κ3) is 3.88. The van der Waals surface area contributed by atoms with E-state index in [0.717, 1.165) is 16.9 Å². The van der Waals surface area contributed by atoms with Crippen LogP contribution in [0.15, 0.2) is 54.1 Å². The largest absolute Gasteiger partial charge is 0.342 e. The number of H-pyrrole nitrogens is 1. The van der Waals surface area contributed by atoms with Crippen molar-refractivity contribution < 1.29 is 17.6 Å². The Morgan fingerprint density at radius 1 is 1.18 bits per heavy atom. The lowest BCUT2D eigenvalue weighted by Crippen LogP contribution is -2.58. The van der Waals surface area contributed by atoms with Crippen molar-refractivity contribution in [1.82, 2.24) is 39.0 Å². The highest BCUT2D eigenvalue weighted by Gasteiger charge is 2.55. The van der Waals surface area contributed by atoms with Crippen LogP contribution in [0.1, 0.15) is 48.2 Å². The molecular weight excluding hydrogens is 511 g/mol. The van der Waals surface area contributed by atoms with Gasteiger partial charge in [0, 0.05) is 31.2 Å². The zero-order valence-corrected chi connectivity index (χ0v) is 21.8. The number of piperidine rings is 1. The van der Waals surface area contributed by atoms with Crippen LogP contribution in [0.4, 0.5) is 4.39 Å². The van der Waals surface area contributed by atoms with Crippen molar-refractivity contribution in [1.29, 1.82) is 0 Å². The summed E-state index contributed by atoms with van der Waals surface area (Å²) in [6, 6.07) is 6.01. The smallest absolute Gasteiger partial charge is 0.264 e. The molecule has 4 heterocycles. The summed E-state index contributed by atoms with van der Waals surface area (Å²) in [5, 5.41) is 12.7. The maximum atomic E-state index is 14.0. The quantitative estimate of drug-likeness (QED) is 0.373. The van der Waals surface area contributed by atoms with Crippen LogP contribution in [0.5, 0.6) is 0 Å². The molecule has 0 saturated carbocycles. The van der Waals surface area contributed by atoms with E-state index in [9.17, 15) is 17.6 Å². The number of nitrogens with zero attached hydrogens (tertiary/aromatic N) is 7. The Kier molecular flexibility index (Phi) is 5.80. The lowest BCUT2D eigenvalue weighted by Gasteiger charge is -2.48. The molecule has 3 aromatic heterocycles. The molecule has 0 amide bonds. The first-order chi connectivity index (χ1) is 18.2. The average Bonchev–Trinajstić information content (AvgIpc) is 3.68. The number of carbonyl (C=O) groups excluding carboxylic acids is 1. The molecule has 0 unspecified atom stereocenters. The molecule has 1 aliphatic carbocycles. The van der Waals surface area contributed by atoms with Crippen LogP contribution in [0.3, 0.4) is 0 Å². The Morgan fingerprint density at radius 2 is 1.97 bits per heavy atom. The summed E-state index contributed by atoms with van der Waals surface area (Å²) in [7, 11) is -3.99. The number of fused-ring (bicyclic) bond motifs is 2. The number of rotatable bonds is 6. The predicted molar refractivity (Wildman–Crippen MR) is 134 cm³/mol. The van der Waals surface area contributed by atoms with E-state index in [0.29, 0.717) is 19.3 Å². The second-order valence-corrected chi connectivity index (χ2v) is 12.1. The van der Waals surface area contributed by atoms with E-state index < -0.39 is 15.4 Å². The van der Waals surface area contributed by atoms with Crippen molar-refractivity contribution in [3.8, 4) is 5.69 Å². The van der Waals surface area contributed by atoms with Gasteiger partial charge in [-0.1, -0.05) is 0 Å². The number of ketones is 1. The van der Waals surface area contributed by atoms with E-state index in [-0.39, 0.29) is 47.5 Å². The number of sulfonamides is 1. The van der Waals surface area contributed by atoms with Crippen molar-refractivity contribution in [3.63, 3.8) is 0 Å². The molecule has 38 heavy (non-hydrogen) atoms. The second-order valence-electron chi connectivity index (χ2n) is 10.2. The van der Waals surface area contributed by atoms with E-state index in [1.54, 1.807) is 29.2 Å². The molecule has 1 saturated heterocycles. The minimum Gasteiger partial charge on any atom is -0.342 e. The number of aromatic nitrogens is 7. The van der Waals surface area contributed by atoms with Crippen LogP contribution in [-0.2, 0) is 22.9 Å². The number of nitrogens with one attached hydrogen (secondary N) is 1. The number of hydrogen-bond donors (Lipinski definition) is 1. The van der Waals surface area contributed by atoms with Crippen LogP contribution in [-0.4, -0.2) is 66.3 Å². The topological polar surface area (TPSA) is 132 Å². The number of halogens is 1. The Hall–Kier alpha value is -3.71. The fraction of sp³-hybridized carbons (Fsp3) is 0.400. The first-order valence-electron chi connectivity index (χ1n) is 12.5. The molecule has 1 aromatic carbocycles. The van der Waals surface area contributed by atoms with E-state index in [2.05, 4.69) is 25.3 Å². The van der Waals surface area contributed by atoms with Gasteiger partial charge in [-0.05, 0) is 68.9 Å². The molecule has 1 fully saturated rings. The summed E-state index contributed by atoms with van der Waals surface area (Å²) in [4.78, 5) is 22.5. The number of Topliss-reactive ketones (excluding diaryl/α,β-unsaturated/α-hetero) is 1. The van der Waals surface area contributed by atoms with Gasteiger partial charge in [0.2, 0.25) is 10.8 Å². The van der Waals surface area contributed by atoms with Gasteiger partial charge < -0.3 is 4.98 Å². The number of imidazole rings is 1. The maximum Gasteiger partial charge on any atom is 0.264 e. The van der Waals surface area contributed by atoms with Gasteiger partial charge in [0.05, 0.1) is 29.5 Å². The number of carbonyl (C=O) groups is 1. The molecule has 0 bridgehead atoms. The lowest BCUT2D eigenvalue weighted by molar-refractivity contribution is 0.0389. The predicted octanol–water partition coefficient (Wildman–Crippen LogP) is 2.59. The van der Waals surface area contributed by atoms with E-state index in [1.807, 2.05) is 13.8 Å². The Morgan fingerprint density at radius 3 is 2.66 bits per heavy atom. The van der Waals surface area contributed by atoms with E-state index in [4.69, 9.17) is 0 Å². The van der Waals surface area contributed by atoms with Crippen LogP contribution in [0.25, 0.3) is 5.69 Å². The summed E-state index contributed by atoms with van der Waals surface area (Å²) in [6.45, 7) is 3.97. The molecule has 198 valence electrons. The summed E-state index contributed by atoms with van der Waals surface area (Å²) in [5.41, 5.74) is 1.49. The average molecular weight is 539 g/mol. The second kappa shape index (κ2) is 8.95. The SMILES string of the molecule is CC(C)n1ncc(S(=O)(=O)N2CC[C@H]3Cc4c(cnn4-c4ccc(F)cc4)C[C@]3(C(=O)c3ncc[nH]3)C2)n1. The molecule has 1 N–H and O–H groups in total. The maximum absolute atomic E-state index is 14.0. The molecule has 0 spiro atoms. The van der Waals surface area contributed by atoms with Crippen LogP contribution in [0.2, 0.25) is 0 Å². The van der Waals surface area contributed by atoms with Gasteiger partial charge >= 0.3 is 0 Å². The van der Waals surface area contributed by atoms with Crippen molar-refractivity contribution in [2.45, 2.75) is 44.2 Å². The third-order valence-corrected chi connectivity index (χ3v) is 9.37. The molecule has 2 atom stereocenters. The third-order valence-electron chi connectivity index (χ3n) is 7.66. The van der Waals surface area contributed by atoms with Crippen LogP contribution < -0.4 is 0 Å². The zero-order valence-electron chi connectivity index (χ0n) is 21.0. The molecule has 2 aliphatic rings. The van der Waals surface area contributed by atoms with Gasteiger partial charge in [-0.2, -0.15) is 19.3 Å². The van der Waals surface area contributed by atoms with Crippen LogP contribution >= 0.6 is 0 Å². The number of hydrogen-bond acceptors (Lipinski definition) is 7. The summed E-state index contributed by atoms with van der Waals surface area (Å²) >= 11 is 0. The first-order valence-corrected chi connectivity index (χ1v) is 13.9. The zero-order chi connectivity index (χ0) is 26.7. The highest BCUT2D eigenvalue weighted by Crippen LogP contribution is 2.48. The number of benzene rings is 1. The normalized spacial score (nSPS) is 21.8. The van der Waals surface area contributed by atoms with Crippen molar-refractivity contribution in [3.05, 3.63) is 72.0 Å². The molecule has 4 aromatic rings. The minimum absolute atomic E-state index is 0.00472. The Bertz CT molecular complexity index is 1590. The highest BCUT2D eigenvalue weighted by atomic mass is 32.2. The first kappa shape index (κ1) is 24.6. The Labute approximate surface area is 218 Å². The van der Waals surface area contributed by atoms with Crippen molar-refractivity contribution >= 4 is 15.8 Å². The molecular formula is C25H27FN8O3S. The van der Waals surface area contributed by atoms with Gasteiger partial charge in [0.25, 0.3) is 10.0 Å². The van der Waals surface area contributed by atoms with Crippen molar-refractivity contribution in [2.24, 2.45) is 11.3 Å². The molecule has 0 radical (unpaired) electrons. The molecule has 1 aliphatic heterocycles. The van der Waals surface area contributed by atoms with Gasteiger partial charge in [-0.15, -0.1) is 5.10 Å². The van der Waals surface area contributed by atoms with Crippen molar-refractivity contribution in [2.75, 3.05) is 13.1 Å². The fourth-order valence-electron chi connectivity index (χ4n) is 5.68. The van der Waals surface area contributed by atoms with Gasteiger partial charge in [-0.25, -0.2) is 22.5 Å². The monoisotopic (exact) mass is 538 g/mol. The standard InChI is InChI=1S/C25H27FN8O3S/c1-16(2)34-30-14-22(31-34)38(36,37)32-10-7-18-11-21-17(13-29-33(21)20-5-3-19(26)4-6-20)12-25(18,15-32)23(35)24-27-8-9-28-24/h3-6,8-9,13-14,16,18H,7,10-12,15H2,1-2H3,(H,27,28)/t18-,25-/m0/s1. The van der Waals surface area contributed by atoms with Gasteiger partial charge in [0.15, 0.2) is 5.82 Å². The molecule has 11 nitrogen and oxygen atoms in total. The minimum atomic E-state index is -3.99. The van der Waals surface area contributed by atoms with Gasteiger partial charge in [-0.3, -0.25) is 4.79 Å². The van der Waals surface area contributed by atoms with Crippen LogP contribution in [0, 0.1) is 17.2 Å².